The summed E-state index contributed by atoms with van der Waals surface area (Å²) < 4.78 is 0. The van der Waals surface area contributed by atoms with E-state index in [4.69, 9.17) is 0 Å². The number of allylic oxidation sites excluding steroid dienone is 4. The minimum absolute atomic E-state index is 0. The minimum Gasteiger partial charge on any atom is -0.665 e. The van der Waals surface area contributed by atoms with E-state index in [-0.39, 0.29) is 26.2 Å². The first-order valence-corrected chi connectivity index (χ1v) is 8.11. The van der Waals surface area contributed by atoms with Crippen molar-refractivity contribution in [2.24, 2.45) is 0 Å². The van der Waals surface area contributed by atoms with Crippen molar-refractivity contribution in [3.8, 4) is 0 Å². The van der Waals surface area contributed by atoms with Crippen LogP contribution in [-0.2, 0) is 26.2 Å². The fourth-order valence-corrected chi connectivity index (χ4v) is 0.989. The van der Waals surface area contributed by atoms with Crippen molar-refractivity contribution in [1.29, 1.82) is 0 Å². The third kappa shape index (κ3) is 37.0. The monoisotopic (exact) mass is 385 g/mol. The zero-order valence-corrected chi connectivity index (χ0v) is 18.4. The Balaban J connectivity index is -0.000000107. The average Bonchev–Trinajstić information content (AvgIpc) is 3.07. The summed E-state index contributed by atoms with van der Waals surface area (Å²) in [5.74, 6) is 0. The maximum atomic E-state index is 3.74. The second kappa shape index (κ2) is 33.0. The number of unbranched alkanes of at least 4 members (excludes halogenated alkanes) is 1. The number of nitrogens with zero attached hydrogens (tertiary/aromatic N) is 3. The Kier molecular flexibility index (Phi) is 45.2. The Morgan fingerprint density at radius 3 is 1.55 bits per heavy atom. The molecule has 0 unspecified atom stereocenters. The van der Waals surface area contributed by atoms with Crippen molar-refractivity contribution in [2.45, 2.75) is 53.4 Å². The summed E-state index contributed by atoms with van der Waals surface area (Å²) in [4.78, 5) is 0. The van der Waals surface area contributed by atoms with Gasteiger partial charge < -0.3 is 16.0 Å². The van der Waals surface area contributed by atoms with E-state index in [1.54, 1.807) is 21.1 Å². The van der Waals surface area contributed by atoms with Gasteiger partial charge in [0.15, 0.2) is 0 Å². The van der Waals surface area contributed by atoms with Crippen LogP contribution in [0.2, 0.25) is 0 Å². The molecule has 0 radical (unpaired) electrons. The van der Waals surface area contributed by atoms with Gasteiger partial charge >= 0.3 is 26.2 Å². The largest absolute Gasteiger partial charge is 4.00 e. The minimum atomic E-state index is 0. The summed E-state index contributed by atoms with van der Waals surface area (Å²) in [6.45, 7) is 11.1. The molecule has 0 fully saturated rings. The molecule has 0 aliphatic heterocycles. The van der Waals surface area contributed by atoms with Crippen molar-refractivity contribution < 1.29 is 26.2 Å². The van der Waals surface area contributed by atoms with Gasteiger partial charge in [-0.3, -0.25) is 6.08 Å². The van der Waals surface area contributed by atoms with Gasteiger partial charge in [0, 0.05) is 0 Å². The molecule has 0 spiro atoms. The molecule has 0 heterocycles. The van der Waals surface area contributed by atoms with Crippen LogP contribution in [0.15, 0.2) is 17.7 Å². The maximum Gasteiger partial charge on any atom is 4.00 e. The van der Waals surface area contributed by atoms with Crippen molar-refractivity contribution >= 4 is 0 Å². The normalized spacial score (nSPS) is 10.8. The fourth-order valence-electron chi connectivity index (χ4n) is 0.989. The molecule has 0 atom stereocenters. The van der Waals surface area contributed by atoms with Crippen LogP contribution >= 0.6 is 0 Å². The van der Waals surface area contributed by atoms with E-state index in [1.165, 1.54) is 24.8 Å². The van der Waals surface area contributed by atoms with E-state index in [0.717, 1.165) is 26.1 Å². The van der Waals surface area contributed by atoms with E-state index >= 15 is 0 Å². The molecule has 22 heavy (non-hydrogen) atoms. The first-order chi connectivity index (χ1) is 10.2. The summed E-state index contributed by atoms with van der Waals surface area (Å²) >= 11 is 0. The van der Waals surface area contributed by atoms with E-state index in [9.17, 15) is 0 Å². The summed E-state index contributed by atoms with van der Waals surface area (Å²) in [5.41, 5.74) is 1.41. The van der Waals surface area contributed by atoms with Crippen LogP contribution in [0.1, 0.15) is 53.4 Å². The average molecular weight is 387 g/mol. The molecule has 128 valence electrons. The van der Waals surface area contributed by atoms with E-state index < -0.39 is 0 Å². The molecule has 0 bridgehead atoms. The molecule has 0 saturated carbocycles. The molecule has 1 aliphatic carbocycles. The smallest absolute Gasteiger partial charge is 0.665 e. The van der Waals surface area contributed by atoms with Crippen LogP contribution in [0.4, 0.5) is 0 Å². The van der Waals surface area contributed by atoms with Gasteiger partial charge in [-0.2, -0.15) is 46.9 Å². The summed E-state index contributed by atoms with van der Waals surface area (Å²) in [6, 6.07) is 0. The van der Waals surface area contributed by atoms with Crippen molar-refractivity contribution in [2.75, 3.05) is 40.8 Å². The van der Waals surface area contributed by atoms with Crippen molar-refractivity contribution in [3.05, 3.63) is 39.8 Å². The second-order valence-corrected chi connectivity index (χ2v) is 4.31. The van der Waals surface area contributed by atoms with Crippen LogP contribution in [0, 0.1) is 6.08 Å². The molecule has 1 aliphatic rings. The number of hydrogen-bond acceptors (Lipinski definition) is 0. The van der Waals surface area contributed by atoms with Crippen LogP contribution in [0.5, 0.6) is 0 Å². The van der Waals surface area contributed by atoms with E-state index in [2.05, 4.69) is 41.1 Å². The van der Waals surface area contributed by atoms with Gasteiger partial charge in [0.1, 0.15) is 0 Å². The molecule has 0 aromatic heterocycles. The molecule has 0 amide bonds. The first kappa shape index (κ1) is 30.2. The second-order valence-electron chi connectivity index (χ2n) is 4.31. The van der Waals surface area contributed by atoms with Crippen LogP contribution < -0.4 is 0 Å². The topological polar surface area (TPSA) is 42.3 Å². The maximum absolute atomic E-state index is 3.74. The molecule has 0 saturated heterocycles. The van der Waals surface area contributed by atoms with Crippen LogP contribution in [-0.4, -0.2) is 40.8 Å². The fraction of sp³-hybridized carbons (Fsp3) is 0.778. The Morgan fingerprint density at radius 1 is 0.909 bits per heavy atom. The summed E-state index contributed by atoms with van der Waals surface area (Å²) in [5, 5.41) is 11.2. The predicted molar refractivity (Wildman–Crippen MR) is 99.5 cm³/mol. The zero-order valence-electron chi connectivity index (χ0n) is 15.9. The Morgan fingerprint density at radius 2 is 1.32 bits per heavy atom. The van der Waals surface area contributed by atoms with Crippen molar-refractivity contribution in [1.82, 2.24) is 0 Å². The van der Waals surface area contributed by atoms with Gasteiger partial charge in [0.25, 0.3) is 0 Å². The molecule has 4 heteroatoms. The Bertz CT molecular complexity index is 201. The third-order valence-corrected chi connectivity index (χ3v) is 2.51. The van der Waals surface area contributed by atoms with Gasteiger partial charge in [0.2, 0.25) is 0 Å². The molecular weight excluding hydrogens is 349 g/mol. The standard InChI is InChI=1S/C9H13.3C3H8N.Zr/c1-2-3-6-9-7-4-5-8-9;3*1-3-4-2;/h4,7H,2-3,5-6H2,1H3;3*3H2,1-2H3;/q4*-1;+4. The van der Waals surface area contributed by atoms with Gasteiger partial charge in [-0.1, -0.05) is 47.0 Å². The van der Waals surface area contributed by atoms with E-state index in [1.807, 2.05) is 20.8 Å². The zero-order chi connectivity index (χ0) is 16.8. The van der Waals surface area contributed by atoms with Gasteiger partial charge in [-0.15, -0.1) is 6.42 Å². The summed E-state index contributed by atoms with van der Waals surface area (Å²) in [7, 11) is 5.42. The van der Waals surface area contributed by atoms with Crippen LogP contribution in [0.3, 0.4) is 0 Å². The molecule has 0 N–H and O–H groups in total. The SMILES string of the molecule is CCCCC1=[C-]CC=C1.CC[N-]C.CC[N-]C.CC[N-]C.[Zr+4]. The molecule has 1 rings (SSSR count). The van der Waals surface area contributed by atoms with E-state index in [0.29, 0.717) is 0 Å². The molecule has 0 aromatic rings. The van der Waals surface area contributed by atoms with Crippen LogP contribution in [0.25, 0.3) is 16.0 Å². The molecule has 3 nitrogen and oxygen atoms in total. The van der Waals surface area contributed by atoms with Gasteiger partial charge in [-0.05, 0) is 0 Å². The Labute approximate surface area is 159 Å². The quantitative estimate of drug-likeness (QED) is 0.511. The summed E-state index contributed by atoms with van der Waals surface area (Å²) in [6.07, 6.45) is 12.5. The predicted octanol–water partition coefficient (Wildman–Crippen LogP) is 5.89. The molecular formula is C18H37N3Zr. The van der Waals surface area contributed by atoms with Crippen molar-refractivity contribution in [3.63, 3.8) is 0 Å². The molecule has 0 aromatic carbocycles. The first-order valence-electron chi connectivity index (χ1n) is 8.11. The number of hydrogen-bond donors (Lipinski definition) is 0. The van der Waals surface area contributed by atoms with Gasteiger partial charge in [0.05, 0.1) is 0 Å². The number of rotatable bonds is 6. The Hall–Kier alpha value is 0.243. The third-order valence-electron chi connectivity index (χ3n) is 2.51. The van der Waals surface area contributed by atoms with Gasteiger partial charge in [-0.25, -0.2) is 11.6 Å².